The molecule has 7 heteroatoms. The number of hydrogen-bond donors (Lipinski definition) is 1. The second-order valence-electron chi connectivity index (χ2n) is 4.44. The molecule has 19 heavy (non-hydrogen) atoms. The fourth-order valence-electron chi connectivity index (χ4n) is 1.81. The Morgan fingerprint density at radius 1 is 1.21 bits per heavy atom. The van der Waals surface area contributed by atoms with Gasteiger partial charge in [0, 0.05) is 25.8 Å². The van der Waals surface area contributed by atoms with Gasteiger partial charge in [-0.15, -0.1) is 0 Å². The van der Waals surface area contributed by atoms with Gasteiger partial charge in [0.2, 0.25) is 5.91 Å². The number of amides is 3. The highest BCUT2D eigenvalue weighted by molar-refractivity contribution is 7.90. The number of hydrogen-bond acceptors (Lipinski definition) is 4. The zero-order valence-corrected chi connectivity index (χ0v) is 11.2. The van der Waals surface area contributed by atoms with Crippen LogP contribution in [0.3, 0.4) is 0 Å². The maximum absolute atomic E-state index is 11.5. The van der Waals surface area contributed by atoms with Crippen LogP contribution in [0.15, 0.2) is 29.2 Å². The van der Waals surface area contributed by atoms with Crippen molar-refractivity contribution in [3.8, 4) is 0 Å². The SMILES string of the molecule is CS(=O)(=O)c1ccc(CN2CCC(=O)NC2=O)cc1. The molecule has 0 aromatic heterocycles. The van der Waals surface area contributed by atoms with Crippen molar-refractivity contribution >= 4 is 21.8 Å². The van der Waals surface area contributed by atoms with Gasteiger partial charge >= 0.3 is 6.03 Å². The molecule has 0 unspecified atom stereocenters. The van der Waals surface area contributed by atoms with Crippen LogP contribution in [-0.4, -0.2) is 38.1 Å². The number of sulfone groups is 1. The minimum Gasteiger partial charge on any atom is -0.320 e. The van der Waals surface area contributed by atoms with Gasteiger partial charge in [-0.2, -0.15) is 0 Å². The Balaban J connectivity index is 2.08. The molecule has 0 bridgehead atoms. The maximum Gasteiger partial charge on any atom is 0.324 e. The van der Waals surface area contributed by atoms with Crippen molar-refractivity contribution in [3.63, 3.8) is 0 Å². The van der Waals surface area contributed by atoms with E-state index in [0.717, 1.165) is 11.8 Å². The van der Waals surface area contributed by atoms with Crippen LogP contribution in [0, 0.1) is 0 Å². The van der Waals surface area contributed by atoms with E-state index < -0.39 is 15.9 Å². The summed E-state index contributed by atoms with van der Waals surface area (Å²) < 4.78 is 22.6. The van der Waals surface area contributed by atoms with Crippen molar-refractivity contribution in [2.75, 3.05) is 12.8 Å². The topological polar surface area (TPSA) is 83.6 Å². The molecule has 1 heterocycles. The molecule has 0 saturated carbocycles. The molecule has 0 aliphatic carbocycles. The zero-order valence-electron chi connectivity index (χ0n) is 10.4. The van der Waals surface area contributed by atoms with E-state index in [9.17, 15) is 18.0 Å². The van der Waals surface area contributed by atoms with Gasteiger partial charge in [0.1, 0.15) is 0 Å². The Kier molecular flexibility index (Phi) is 3.57. The van der Waals surface area contributed by atoms with Crippen LogP contribution in [-0.2, 0) is 21.2 Å². The van der Waals surface area contributed by atoms with E-state index in [0.29, 0.717) is 13.1 Å². The predicted octanol–water partition coefficient (Wildman–Crippen LogP) is 0.532. The molecule has 1 saturated heterocycles. The van der Waals surface area contributed by atoms with Crippen LogP contribution in [0.25, 0.3) is 0 Å². The van der Waals surface area contributed by atoms with E-state index in [1.807, 2.05) is 0 Å². The van der Waals surface area contributed by atoms with E-state index in [1.165, 1.54) is 17.0 Å². The Labute approximate surface area is 111 Å². The summed E-state index contributed by atoms with van der Waals surface area (Å²) in [5.74, 6) is -0.270. The summed E-state index contributed by atoms with van der Waals surface area (Å²) in [5, 5.41) is 2.24. The first kappa shape index (κ1) is 13.5. The average molecular weight is 282 g/mol. The molecule has 1 aliphatic heterocycles. The third kappa shape index (κ3) is 3.31. The molecule has 1 aliphatic rings. The number of nitrogens with one attached hydrogen (secondary N) is 1. The zero-order chi connectivity index (χ0) is 14.0. The van der Waals surface area contributed by atoms with Gasteiger partial charge in [0.25, 0.3) is 0 Å². The van der Waals surface area contributed by atoms with Crippen molar-refractivity contribution in [2.24, 2.45) is 0 Å². The molecule has 0 radical (unpaired) electrons. The Morgan fingerprint density at radius 3 is 2.37 bits per heavy atom. The lowest BCUT2D eigenvalue weighted by atomic mass is 10.2. The monoisotopic (exact) mass is 282 g/mol. The lowest BCUT2D eigenvalue weighted by Crippen LogP contribution is -2.48. The molecule has 102 valence electrons. The number of urea groups is 1. The largest absolute Gasteiger partial charge is 0.324 e. The van der Waals surface area contributed by atoms with Gasteiger partial charge in [-0.05, 0) is 17.7 Å². The van der Waals surface area contributed by atoms with Crippen molar-refractivity contribution in [2.45, 2.75) is 17.9 Å². The number of nitrogens with zero attached hydrogens (tertiary/aromatic N) is 1. The first-order valence-electron chi connectivity index (χ1n) is 5.74. The Hall–Kier alpha value is -1.89. The van der Waals surface area contributed by atoms with Crippen molar-refractivity contribution < 1.29 is 18.0 Å². The molecular weight excluding hydrogens is 268 g/mol. The van der Waals surface area contributed by atoms with Crippen molar-refractivity contribution in [1.82, 2.24) is 10.2 Å². The van der Waals surface area contributed by atoms with E-state index in [-0.39, 0.29) is 17.2 Å². The maximum atomic E-state index is 11.5. The van der Waals surface area contributed by atoms with Crippen LogP contribution in [0.2, 0.25) is 0 Å². The number of carbonyl (C=O) groups is 2. The Bertz CT molecular complexity index is 607. The lowest BCUT2D eigenvalue weighted by Gasteiger charge is -2.26. The minimum atomic E-state index is -3.21. The predicted molar refractivity (Wildman–Crippen MR) is 68.1 cm³/mol. The molecule has 0 spiro atoms. The third-order valence-corrected chi connectivity index (χ3v) is 4.00. The smallest absolute Gasteiger partial charge is 0.320 e. The highest BCUT2D eigenvalue weighted by atomic mass is 32.2. The van der Waals surface area contributed by atoms with Crippen LogP contribution in [0.5, 0.6) is 0 Å². The minimum absolute atomic E-state index is 0.245. The molecule has 6 nitrogen and oxygen atoms in total. The first-order valence-corrected chi connectivity index (χ1v) is 7.63. The van der Waals surface area contributed by atoms with Crippen LogP contribution >= 0.6 is 0 Å². The summed E-state index contributed by atoms with van der Waals surface area (Å²) in [6.45, 7) is 0.724. The van der Waals surface area contributed by atoms with Crippen molar-refractivity contribution in [3.05, 3.63) is 29.8 Å². The van der Waals surface area contributed by atoms with E-state index in [1.54, 1.807) is 12.1 Å². The van der Waals surface area contributed by atoms with Gasteiger partial charge in [0.05, 0.1) is 4.90 Å². The second-order valence-corrected chi connectivity index (χ2v) is 6.46. The van der Waals surface area contributed by atoms with Gasteiger partial charge in [-0.3, -0.25) is 10.1 Å². The average Bonchev–Trinajstić information content (AvgIpc) is 2.32. The highest BCUT2D eigenvalue weighted by Crippen LogP contribution is 2.13. The first-order chi connectivity index (χ1) is 8.86. The molecule has 1 aromatic carbocycles. The lowest BCUT2D eigenvalue weighted by molar-refractivity contribution is -0.121. The normalized spacial score (nSPS) is 16.4. The third-order valence-electron chi connectivity index (χ3n) is 2.87. The molecule has 1 N–H and O–H groups in total. The summed E-state index contributed by atoms with van der Waals surface area (Å²) in [5.41, 5.74) is 0.817. The quantitative estimate of drug-likeness (QED) is 0.876. The standard InChI is InChI=1S/C12H14N2O4S/c1-19(17,18)10-4-2-9(3-5-10)8-14-7-6-11(15)13-12(14)16/h2-5H,6-8H2,1H3,(H,13,15,16). The van der Waals surface area contributed by atoms with Gasteiger partial charge in [-0.1, -0.05) is 12.1 Å². The summed E-state index contributed by atoms with van der Waals surface area (Å²) in [7, 11) is -3.21. The summed E-state index contributed by atoms with van der Waals surface area (Å²) in [6.07, 6.45) is 1.43. The molecule has 3 amide bonds. The number of imide groups is 1. The van der Waals surface area contributed by atoms with Crippen molar-refractivity contribution in [1.29, 1.82) is 0 Å². The van der Waals surface area contributed by atoms with E-state index in [2.05, 4.69) is 5.32 Å². The van der Waals surface area contributed by atoms with Crippen LogP contribution < -0.4 is 5.32 Å². The summed E-state index contributed by atoms with van der Waals surface area (Å²) >= 11 is 0. The Morgan fingerprint density at radius 2 is 1.84 bits per heavy atom. The van der Waals surface area contributed by atoms with Gasteiger partial charge < -0.3 is 4.90 Å². The number of rotatable bonds is 3. The van der Waals surface area contributed by atoms with E-state index >= 15 is 0 Å². The molecule has 0 atom stereocenters. The fraction of sp³-hybridized carbons (Fsp3) is 0.333. The summed E-state index contributed by atoms with van der Waals surface area (Å²) in [4.78, 5) is 24.3. The molecule has 1 aromatic rings. The van der Waals surface area contributed by atoms with Crippen LogP contribution in [0.1, 0.15) is 12.0 Å². The summed E-state index contributed by atoms with van der Waals surface area (Å²) in [6, 6.07) is 5.94. The number of carbonyl (C=O) groups excluding carboxylic acids is 2. The molecular formula is C12H14N2O4S. The fourth-order valence-corrected chi connectivity index (χ4v) is 2.44. The highest BCUT2D eigenvalue weighted by Gasteiger charge is 2.22. The van der Waals surface area contributed by atoms with Crippen LogP contribution in [0.4, 0.5) is 4.79 Å². The van der Waals surface area contributed by atoms with Gasteiger partial charge in [0.15, 0.2) is 9.84 Å². The van der Waals surface area contributed by atoms with E-state index in [4.69, 9.17) is 0 Å². The second kappa shape index (κ2) is 5.00. The molecule has 1 fully saturated rings. The molecule has 2 rings (SSSR count). The van der Waals surface area contributed by atoms with Gasteiger partial charge in [-0.25, -0.2) is 13.2 Å². The number of benzene rings is 1.